The first-order valence-electron chi connectivity index (χ1n) is 11.0. The van der Waals surface area contributed by atoms with Crippen LogP contribution in [0.4, 0.5) is 5.69 Å². The average molecular weight is 406 g/mol. The van der Waals surface area contributed by atoms with Crippen molar-refractivity contribution < 1.29 is 4.79 Å². The molecule has 1 aliphatic rings. The van der Waals surface area contributed by atoms with Gasteiger partial charge in [0.15, 0.2) is 5.78 Å². The molecule has 160 valence electrons. The van der Waals surface area contributed by atoms with Crippen LogP contribution >= 0.6 is 0 Å². The van der Waals surface area contributed by atoms with Gasteiger partial charge in [0.05, 0.1) is 11.4 Å². The summed E-state index contributed by atoms with van der Waals surface area (Å²) in [4.78, 5) is 12.8. The number of aryl methyl sites for hydroxylation is 1. The summed E-state index contributed by atoms with van der Waals surface area (Å²) in [5, 5.41) is 19.5. The summed E-state index contributed by atoms with van der Waals surface area (Å²) < 4.78 is 0. The molecule has 0 fully saturated rings. The van der Waals surface area contributed by atoms with E-state index in [1.807, 2.05) is 43.4 Å². The molecule has 30 heavy (non-hydrogen) atoms. The molecule has 4 heteroatoms. The van der Waals surface area contributed by atoms with E-state index in [0.717, 1.165) is 55.5 Å². The van der Waals surface area contributed by atoms with Gasteiger partial charge in [-0.15, -0.1) is 6.58 Å². The third kappa shape index (κ3) is 7.58. The monoisotopic (exact) mass is 405 g/mol. The van der Waals surface area contributed by atoms with Gasteiger partial charge in [0, 0.05) is 29.8 Å². The van der Waals surface area contributed by atoms with Crippen molar-refractivity contribution in [3.05, 3.63) is 65.4 Å². The summed E-state index contributed by atoms with van der Waals surface area (Å²) in [5.41, 5.74) is 5.69. The van der Waals surface area contributed by atoms with Crippen molar-refractivity contribution in [1.82, 2.24) is 0 Å². The molecule has 0 saturated carbocycles. The number of carbonyl (C=O) groups excluding carboxylic acids is 1. The molecule has 4 nitrogen and oxygen atoms in total. The fraction of sp³-hybridized carbons (Fsp3) is 0.423. The lowest BCUT2D eigenvalue weighted by Gasteiger charge is -2.15. The van der Waals surface area contributed by atoms with E-state index in [9.17, 15) is 4.79 Å². The third-order valence-electron chi connectivity index (χ3n) is 5.32. The predicted molar refractivity (Wildman–Crippen MR) is 128 cm³/mol. The lowest BCUT2D eigenvalue weighted by atomic mass is 9.96. The summed E-state index contributed by atoms with van der Waals surface area (Å²) in [6, 6.07) is 5.74. The largest absolute Gasteiger partial charge is 0.354 e. The van der Waals surface area contributed by atoms with Gasteiger partial charge in [0.1, 0.15) is 0 Å². The maximum absolute atomic E-state index is 12.8. The molecule has 0 radical (unpaired) electrons. The Labute approximate surface area is 181 Å². The minimum absolute atomic E-state index is 0.0261. The second-order valence-corrected chi connectivity index (χ2v) is 8.12. The topological polar surface area (TPSA) is 76.8 Å². The van der Waals surface area contributed by atoms with E-state index in [-0.39, 0.29) is 12.2 Å². The molecule has 1 aromatic carbocycles. The minimum Gasteiger partial charge on any atom is -0.354 e. The van der Waals surface area contributed by atoms with E-state index in [0.29, 0.717) is 29.8 Å². The molecule has 1 aromatic rings. The third-order valence-corrected chi connectivity index (χ3v) is 5.32. The quantitative estimate of drug-likeness (QED) is 0.142. The van der Waals surface area contributed by atoms with Crippen molar-refractivity contribution in [2.45, 2.75) is 71.6 Å². The number of nitrogens with one attached hydrogen (secondary N) is 3. The van der Waals surface area contributed by atoms with Crippen LogP contribution in [0.2, 0.25) is 0 Å². The number of unbranched alkanes of at least 4 members (excludes halogenated alkanes) is 3. The van der Waals surface area contributed by atoms with Gasteiger partial charge < -0.3 is 16.1 Å². The standard InChI is InChI=1S/C26H35N3O/c1-4-20-17-22(29-25-14-10-9-13-24(25)28)15-16-23(20)26(30)18-21(27)12-8-6-5-7-11-19(2)3/h9-10,14-17,27-29H,2,4-8,11-13,18H2,1,3H3. The molecule has 2 rings (SSSR count). The Morgan fingerprint density at radius 2 is 1.90 bits per heavy atom. The van der Waals surface area contributed by atoms with Crippen LogP contribution in [0, 0.1) is 10.8 Å². The molecule has 1 aliphatic carbocycles. The molecule has 3 N–H and O–H groups in total. The second kappa shape index (κ2) is 12.1. The summed E-state index contributed by atoms with van der Waals surface area (Å²) >= 11 is 0. The molecule has 0 atom stereocenters. The zero-order chi connectivity index (χ0) is 21.9. The van der Waals surface area contributed by atoms with Gasteiger partial charge in [-0.1, -0.05) is 37.5 Å². The fourth-order valence-corrected chi connectivity index (χ4v) is 3.57. The Bertz CT molecular complexity index is 861. The SMILES string of the molecule is C=C(C)CCCCCCC(=N)CC(=O)c1ccc(NC2=CC=CCC2=N)cc1CC. The van der Waals surface area contributed by atoms with E-state index < -0.39 is 0 Å². The van der Waals surface area contributed by atoms with Gasteiger partial charge in [-0.25, -0.2) is 0 Å². The number of anilines is 1. The lowest BCUT2D eigenvalue weighted by Crippen LogP contribution is -2.13. The molecule has 0 aromatic heterocycles. The first-order valence-corrected chi connectivity index (χ1v) is 11.0. The van der Waals surface area contributed by atoms with Crippen molar-refractivity contribution in [2.75, 3.05) is 5.32 Å². The molecular weight excluding hydrogens is 370 g/mol. The van der Waals surface area contributed by atoms with Crippen LogP contribution in [-0.2, 0) is 6.42 Å². The lowest BCUT2D eigenvalue weighted by molar-refractivity contribution is 0.0999. The van der Waals surface area contributed by atoms with Crippen LogP contribution in [-0.4, -0.2) is 17.2 Å². The number of hydrogen-bond acceptors (Lipinski definition) is 4. The van der Waals surface area contributed by atoms with Crippen molar-refractivity contribution in [3.63, 3.8) is 0 Å². The smallest absolute Gasteiger partial charge is 0.168 e. The predicted octanol–water partition coefficient (Wildman–Crippen LogP) is 7.03. The number of allylic oxidation sites excluding steroid dienone is 5. The highest BCUT2D eigenvalue weighted by atomic mass is 16.1. The Kier molecular flexibility index (Phi) is 9.46. The van der Waals surface area contributed by atoms with Crippen LogP contribution < -0.4 is 5.32 Å². The molecule has 0 aliphatic heterocycles. The number of carbonyl (C=O) groups is 1. The van der Waals surface area contributed by atoms with E-state index in [1.165, 1.54) is 5.57 Å². The van der Waals surface area contributed by atoms with Crippen LogP contribution in [0.15, 0.2) is 54.3 Å². The van der Waals surface area contributed by atoms with E-state index in [1.54, 1.807) is 0 Å². The second-order valence-electron chi connectivity index (χ2n) is 8.12. The zero-order valence-corrected chi connectivity index (χ0v) is 18.4. The maximum Gasteiger partial charge on any atom is 0.168 e. The van der Waals surface area contributed by atoms with Gasteiger partial charge in [0.2, 0.25) is 0 Å². The van der Waals surface area contributed by atoms with Gasteiger partial charge in [-0.2, -0.15) is 0 Å². The normalized spacial score (nSPS) is 13.1. The Balaban J connectivity index is 1.88. The zero-order valence-electron chi connectivity index (χ0n) is 18.4. The molecule has 0 bridgehead atoms. The van der Waals surface area contributed by atoms with Crippen molar-refractivity contribution >= 4 is 22.9 Å². The maximum atomic E-state index is 12.8. The van der Waals surface area contributed by atoms with Crippen molar-refractivity contribution in [2.24, 2.45) is 0 Å². The number of rotatable bonds is 13. The van der Waals surface area contributed by atoms with Gasteiger partial charge in [-0.05, 0) is 68.9 Å². The minimum atomic E-state index is 0.0261. The summed E-state index contributed by atoms with van der Waals surface area (Å²) in [5.74, 6) is 0.0261. The molecule has 0 amide bonds. The van der Waals surface area contributed by atoms with Gasteiger partial charge in [0.25, 0.3) is 0 Å². The van der Waals surface area contributed by atoms with Crippen LogP contribution in [0.1, 0.15) is 81.1 Å². The Morgan fingerprint density at radius 3 is 2.57 bits per heavy atom. The van der Waals surface area contributed by atoms with E-state index in [2.05, 4.69) is 18.8 Å². The molecule has 0 saturated heterocycles. The molecule has 0 heterocycles. The number of benzene rings is 1. The molecule has 0 spiro atoms. The summed E-state index contributed by atoms with van der Waals surface area (Å²) in [6.07, 6.45) is 13.6. The van der Waals surface area contributed by atoms with Crippen LogP contribution in [0.5, 0.6) is 0 Å². The first kappa shape index (κ1) is 23.5. The number of hydrogen-bond donors (Lipinski definition) is 3. The Morgan fingerprint density at radius 1 is 1.17 bits per heavy atom. The number of ketones is 1. The summed E-state index contributed by atoms with van der Waals surface area (Å²) in [6.45, 7) is 8.02. The van der Waals surface area contributed by atoms with E-state index in [4.69, 9.17) is 10.8 Å². The van der Waals surface area contributed by atoms with Crippen molar-refractivity contribution in [1.29, 1.82) is 10.8 Å². The van der Waals surface area contributed by atoms with Crippen LogP contribution in [0.3, 0.4) is 0 Å². The highest BCUT2D eigenvalue weighted by molar-refractivity contribution is 6.09. The average Bonchev–Trinajstić information content (AvgIpc) is 2.71. The highest BCUT2D eigenvalue weighted by Gasteiger charge is 2.14. The van der Waals surface area contributed by atoms with Crippen LogP contribution in [0.25, 0.3) is 0 Å². The van der Waals surface area contributed by atoms with E-state index >= 15 is 0 Å². The number of Topliss-reactive ketones (excluding diaryl/α,β-unsaturated/α-hetero) is 1. The van der Waals surface area contributed by atoms with Gasteiger partial charge in [-0.3, -0.25) is 4.79 Å². The fourth-order valence-electron chi connectivity index (χ4n) is 3.57. The van der Waals surface area contributed by atoms with Gasteiger partial charge >= 0.3 is 0 Å². The Hall–Kier alpha value is -2.75. The molecular formula is C26H35N3O. The first-order chi connectivity index (χ1) is 14.4. The highest BCUT2D eigenvalue weighted by Crippen LogP contribution is 2.21. The molecule has 0 unspecified atom stereocenters. The van der Waals surface area contributed by atoms with Crippen molar-refractivity contribution in [3.8, 4) is 0 Å². The summed E-state index contributed by atoms with van der Waals surface area (Å²) in [7, 11) is 0.